The second-order valence-electron chi connectivity index (χ2n) is 6.86. The van der Waals surface area contributed by atoms with Crippen LogP contribution in [0, 0.1) is 18.3 Å². The first kappa shape index (κ1) is 16.6. The van der Waals surface area contributed by atoms with Gasteiger partial charge >= 0.3 is 0 Å². The third-order valence-corrected chi connectivity index (χ3v) is 6.23. The van der Waals surface area contributed by atoms with Crippen LogP contribution in [-0.2, 0) is 0 Å². The zero-order chi connectivity index (χ0) is 15.6. The van der Waals surface area contributed by atoms with Crippen LogP contribution in [0.2, 0.25) is 0 Å². The van der Waals surface area contributed by atoms with Gasteiger partial charge in [0.05, 0.1) is 0 Å². The minimum atomic E-state index is -0.0835. The van der Waals surface area contributed by atoms with Crippen molar-refractivity contribution in [2.45, 2.75) is 69.8 Å². The highest BCUT2D eigenvalue weighted by atomic mass is 32.2. The molecule has 1 saturated carbocycles. The molecule has 1 heterocycles. The van der Waals surface area contributed by atoms with E-state index < -0.39 is 0 Å². The normalized spacial score (nSPS) is 26.8. The molecule has 1 aliphatic rings. The van der Waals surface area contributed by atoms with Crippen LogP contribution in [0.1, 0.15) is 52.1 Å². The Morgan fingerprint density at radius 2 is 2.19 bits per heavy atom. The summed E-state index contributed by atoms with van der Waals surface area (Å²) < 4.78 is 0. The zero-order valence-corrected chi connectivity index (χ0v) is 14.3. The summed E-state index contributed by atoms with van der Waals surface area (Å²) >= 11 is 1.64. The Kier molecular flexibility index (Phi) is 5.15. The van der Waals surface area contributed by atoms with Crippen LogP contribution in [0.5, 0.6) is 0 Å². The van der Waals surface area contributed by atoms with Gasteiger partial charge < -0.3 is 10.7 Å². The van der Waals surface area contributed by atoms with Crippen molar-refractivity contribution in [1.82, 2.24) is 9.97 Å². The molecular formula is C16H27N3OS. The van der Waals surface area contributed by atoms with Gasteiger partial charge in [0.2, 0.25) is 0 Å². The third kappa shape index (κ3) is 4.10. The second-order valence-corrected chi connectivity index (χ2v) is 8.09. The zero-order valence-electron chi connectivity index (χ0n) is 13.5. The van der Waals surface area contributed by atoms with Gasteiger partial charge in [0.15, 0.2) is 5.16 Å². The van der Waals surface area contributed by atoms with E-state index in [0.717, 1.165) is 18.5 Å². The van der Waals surface area contributed by atoms with Crippen molar-refractivity contribution in [1.29, 1.82) is 0 Å². The molecule has 2 rings (SSSR count). The molecular weight excluding hydrogens is 282 g/mol. The molecule has 1 aliphatic carbocycles. The summed E-state index contributed by atoms with van der Waals surface area (Å²) in [7, 11) is 0. The Bertz CT molecular complexity index is 541. The van der Waals surface area contributed by atoms with Gasteiger partial charge in [0.25, 0.3) is 5.56 Å². The number of nitrogens with two attached hydrogens (primary N) is 1. The molecule has 118 valence electrons. The molecule has 1 aromatic heterocycles. The fourth-order valence-electron chi connectivity index (χ4n) is 3.04. The fraction of sp³-hybridized carbons (Fsp3) is 0.750. The molecule has 1 aromatic rings. The largest absolute Gasteiger partial charge is 0.327 e. The summed E-state index contributed by atoms with van der Waals surface area (Å²) in [6, 6.07) is 1.71. The van der Waals surface area contributed by atoms with Gasteiger partial charge in [0, 0.05) is 23.1 Å². The Balaban J connectivity index is 2.12. The van der Waals surface area contributed by atoms with E-state index in [2.05, 4.69) is 30.7 Å². The maximum absolute atomic E-state index is 11.6. The summed E-state index contributed by atoms with van der Waals surface area (Å²) in [6.45, 7) is 8.81. The van der Waals surface area contributed by atoms with Gasteiger partial charge in [-0.15, -0.1) is 0 Å². The van der Waals surface area contributed by atoms with Crippen molar-refractivity contribution in [2.24, 2.45) is 17.1 Å². The predicted molar refractivity (Wildman–Crippen MR) is 88.6 cm³/mol. The van der Waals surface area contributed by atoms with E-state index in [1.54, 1.807) is 11.8 Å². The lowest BCUT2D eigenvalue weighted by Crippen LogP contribution is -2.42. The molecule has 0 saturated heterocycles. The van der Waals surface area contributed by atoms with Crippen molar-refractivity contribution >= 4 is 11.8 Å². The van der Waals surface area contributed by atoms with Crippen molar-refractivity contribution < 1.29 is 0 Å². The van der Waals surface area contributed by atoms with Crippen LogP contribution in [0.4, 0.5) is 0 Å². The number of hydrogen-bond donors (Lipinski definition) is 2. The number of rotatable bonds is 4. The molecule has 0 aromatic carbocycles. The quantitative estimate of drug-likeness (QED) is 0.838. The summed E-state index contributed by atoms with van der Waals surface area (Å²) in [4.78, 5) is 18.8. The maximum atomic E-state index is 11.6. The number of H-pyrrole nitrogens is 1. The maximum Gasteiger partial charge on any atom is 0.251 e. The number of aromatic nitrogens is 2. The minimum absolute atomic E-state index is 0.0835. The van der Waals surface area contributed by atoms with Crippen molar-refractivity contribution in [3.05, 3.63) is 22.1 Å². The minimum Gasteiger partial charge on any atom is -0.327 e. The molecule has 1 fully saturated rings. The Hall–Kier alpha value is -0.810. The molecule has 0 amide bonds. The number of aryl methyl sites for hydroxylation is 1. The summed E-state index contributed by atoms with van der Waals surface area (Å²) in [5, 5.41) is 1.04. The Morgan fingerprint density at radius 3 is 2.81 bits per heavy atom. The van der Waals surface area contributed by atoms with E-state index in [9.17, 15) is 4.79 Å². The first-order valence-corrected chi connectivity index (χ1v) is 8.70. The van der Waals surface area contributed by atoms with Gasteiger partial charge in [-0.3, -0.25) is 4.79 Å². The predicted octanol–water partition coefficient (Wildman–Crippen LogP) is 3.10. The van der Waals surface area contributed by atoms with E-state index in [-0.39, 0.29) is 11.6 Å². The number of thioether (sulfide) groups is 1. The van der Waals surface area contributed by atoms with Crippen LogP contribution in [0.15, 0.2) is 16.0 Å². The first-order valence-electron chi connectivity index (χ1n) is 7.82. The average molecular weight is 309 g/mol. The lowest BCUT2D eigenvalue weighted by molar-refractivity contribution is 0.148. The number of nitrogens with one attached hydrogen (secondary N) is 1. The number of aromatic amines is 1. The molecule has 3 N–H and O–H groups in total. The smallest absolute Gasteiger partial charge is 0.251 e. The van der Waals surface area contributed by atoms with Crippen LogP contribution in [0.3, 0.4) is 0 Å². The van der Waals surface area contributed by atoms with E-state index >= 15 is 0 Å². The monoisotopic (exact) mass is 309 g/mol. The van der Waals surface area contributed by atoms with Crippen LogP contribution in [-0.4, -0.2) is 21.3 Å². The van der Waals surface area contributed by atoms with Gasteiger partial charge in [0.1, 0.15) is 0 Å². The average Bonchev–Trinajstić information content (AvgIpc) is 2.40. The second kappa shape index (κ2) is 6.53. The van der Waals surface area contributed by atoms with Crippen molar-refractivity contribution in [3.63, 3.8) is 0 Å². The Labute approximate surface area is 131 Å². The van der Waals surface area contributed by atoms with E-state index in [0.29, 0.717) is 21.7 Å². The van der Waals surface area contributed by atoms with E-state index in [4.69, 9.17) is 5.73 Å². The van der Waals surface area contributed by atoms with Gasteiger partial charge in [-0.05, 0) is 37.5 Å². The van der Waals surface area contributed by atoms with Gasteiger partial charge in [-0.2, -0.15) is 0 Å². The molecule has 4 nitrogen and oxygen atoms in total. The van der Waals surface area contributed by atoms with Gasteiger partial charge in [-0.1, -0.05) is 39.0 Å². The molecule has 3 atom stereocenters. The number of hydrogen-bond acceptors (Lipinski definition) is 4. The molecule has 3 unspecified atom stereocenters. The van der Waals surface area contributed by atoms with Gasteiger partial charge in [-0.25, -0.2) is 4.98 Å². The van der Waals surface area contributed by atoms with E-state index in [1.807, 2.05) is 6.92 Å². The lowest BCUT2D eigenvalue weighted by Gasteiger charge is -2.41. The first-order chi connectivity index (χ1) is 9.81. The highest BCUT2D eigenvalue weighted by Gasteiger charge is 2.36. The fourth-order valence-corrected chi connectivity index (χ4v) is 4.32. The summed E-state index contributed by atoms with van der Waals surface area (Å²) in [6.07, 6.45) is 4.55. The summed E-state index contributed by atoms with van der Waals surface area (Å²) in [5.74, 6) is 0.691. The van der Waals surface area contributed by atoms with E-state index in [1.165, 1.54) is 18.9 Å². The molecule has 0 radical (unpaired) electrons. The molecule has 0 aliphatic heterocycles. The number of nitrogens with zero attached hydrogens (tertiary/aromatic N) is 1. The van der Waals surface area contributed by atoms with Crippen LogP contribution >= 0.6 is 11.8 Å². The highest BCUT2D eigenvalue weighted by Crippen LogP contribution is 2.43. The topological polar surface area (TPSA) is 71.8 Å². The molecule has 0 bridgehead atoms. The Morgan fingerprint density at radius 1 is 1.48 bits per heavy atom. The standard InChI is InChI=1S/C16H27N3OS/c1-5-16(3,4)11-6-7-12(17)13(9-11)21-15-18-10(2)8-14(20)19-15/h8,11-13H,5-7,9,17H2,1-4H3,(H,18,19,20). The third-order valence-electron chi connectivity index (χ3n) is 4.97. The molecule has 5 heteroatoms. The summed E-state index contributed by atoms with van der Waals surface area (Å²) in [5.41, 5.74) is 7.34. The van der Waals surface area contributed by atoms with Crippen LogP contribution in [0.25, 0.3) is 0 Å². The molecule has 21 heavy (non-hydrogen) atoms. The van der Waals surface area contributed by atoms with Crippen molar-refractivity contribution in [2.75, 3.05) is 0 Å². The van der Waals surface area contributed by atoms with Crippen molar-refractivity contribution in [3.8, 4) is 0 Å². The lowest BCUT2D eigenvalue weighted by atomic mass is 9.69. The SMILES string of the molecule is CCC(C)(C)C1CCC(N)C(Sc2nc(C)cc(=O)[nH]2)C1. The molecule has 0 spiro atoms. The highest BCUT2D eigenvalue weighted by molar-refractivity contribution is 7.99. The van der Waals surface area contributed by atoms with Crippen LogP contribution < -0.4 is 11.3 Å².